The first-order chi connectivity index (χ1) is 10.0. The van der Waals surface area contributed by atoms with E-state index < -0.39 is 5.82 Å². The van der Waals surface area contributed by atoms with E-state index in [1.807, 2.05) is 6.07 Å². The van der Waals surface area contributed by atoms with Crippen molar-refractivity contribution in [2.45, 2.75) is 10.6 Å². The fraction of sp³-hybridized carbons (Fsp3) is 0.133. The molecule has 0 amide bonds. The van der Waals surface area contributed by atoms with E-state index in [0.29, 0.717) is 11.3 Å². The van der Waals surface area contributed by atoms with Crippen molar-refractivity contribution < 1.29 is 13.9 Å². The van der Waals surface area contributed by atoms with Crippen LogP contribution < -0.4 is 0 Å². The quantitative estimate of drug-likeness (QED) is 0.523. The van der Waals surface area contributed by atoms with Crippen LogP contribution in [0.2, 0.25) is 5.02 Å². The summed E-state index contributed by atoms with van der Waals surface area (Å²) in [5.41, 5.74) is 1.51. The van der Waals surface area contributed by atoms with Gasteiger partial charge in [0.1, 0.15) is 5.82 Å². The molecule has 2 aromatic rings. The number of methoxy groups -OCH3 is 1. The first-order valence-corrected chi connectivity index (χ1v) is 8.11. The summed E-state index contributed by atoms with van der Waals surface area (Å²) < 4.78 is 18.6. The second-order valence-corrected chi connectivity index (χ2v) is 6.47. The summed E-state index contributed by atoms with van der Waals surface area (Å²) in [5.74, 6) is -0.130. The zero-order valence-electron chi connectivity index (χ0n) is 11.0. The van der Waals surface area contributed by atoms with Crippen molar-refractivity contribution in [3.05, 3.63) is 62.8 Å². The van der Waals surface area contributed by atoms with Gasteiger partial charge in [0.15, 0.2) is 0 Å². The molecule has 0 saturated heterocycles. The monoisotopic (exact) mass is 388 g/mol. The average Bonchev–Trinajstić information content (AvgIpc) is 2.48. The normalized spacial score (nSPS) is 10.5. The first kappa shape index (κ1) is 16.3. The molecule has 0 aliphatic carbocycles. The highest BCUT2D eigenvalue weighted by molar-refractivity contribution is 9.10. The largest absolute Gasteiger partial charge is 0.465 e. The summed E-state index contributed by atoms with van der Waals surface area (Å²) in [5, 5.41) is 0.111. The predicted molar refractivity (Wildman–Crippen MR) is 86.5 cm³/mol. The maximum absolute atomic E-state index is 13.1. The third kappa shape index (κ3) is 4.22. The van der Waals surface area contributed by atoms with Crippen LogP contribution in [0, 0.1) is 5.82 Å². The summed E-state index contributed by atoms with van der Waals surface area (Å²) in [6.45, 7) is 0. The van der Waals surface area contributed by atoms with Crippen molar-refractivity contribution in [1.29, 1.82) is 0 Å². The van der Waals surface area contributed by atoms with E-state index in [0.717, 1.165) is 14.9 Å². The number of carbonyl (C=O) groups is 1. The maximum Gasteiger partial charge on any atom is 0.337 e. The van der Waals surface area contributed by atoms with Crippen LogP contribution in [0.5, 0.6) is 0 Å². The zero-order chi connectivity index (χ0) is 15.4. The van der Waals surface area contributed by atoms with Crippen molar-refractivity contribution in [2.24, 2.45) is 0 Å². The summed E-state index contributed by atoms with van der Waals surface area (Å²) in [4.78, 5) is 12.3. The Morgan fingerprint density at radius 3 is 2.71 bits per heavy atom. The first-order valence-electron chi connectivity index (χ1n) is 5.96. The van der Waals surface area contributed by atoms with Crippen LogP contribution in [0.3, 0.4) is 0 Å². The number of ether oxygens (including phenoxy) is 1. The smallest absolute Gasteiger partial charge is 0.337 e. The third-order valence-corrected chi connectivity index (χ3v) is 4.83. The van der Waals surface area contributed by atoms with Gasteiger partial charge in [-0.1, -0.05) is 33.6 Å². The van der Waals surface area contributed by atoms with Crippen LogP contribution in [0.4, 0.5) is 4.39 Å². The van der Waals surface area contributed by atoms with Crippen LogP contribution in [0.1, 0.15) is 15.9 Å². The van der Waals surface area contributed by atoms with Crippen molar-refractivity contribution >= 4 is 45.3 Å². The minimum atomic E-state index is -0.426. The lowest BCUT2D eigenvalue weighted by atomic mass is 10.1. The lowest BCUT2D eigenvalue weighted by molar-refractivity contribution is 0.0600. The van der Waals surface area contributed by atoms with Gasteiger partial charge < -0.3 is 4.74 Å². The molecule has 0 spiro atoms. The molecule has 0 bridgehead atoms. The predicted octanol–water partition coefficient (Wildman–Crippen LogP) is 5.32. The molecule has 0 heterocycles. The number of esters is 1. The molecule has 2 aromatic carbocycles. The van der Waals surface area contributed by atoms with Crippen LogP contribution in [-0.2, 0) is 10.5 Å². The van der Waals surface area contributed by atoms with Crippen LogP contribution in [0.15, 0.2) is 45.8 Å². The van der Waals surface area contributed by atoms with E-state index in [-0.39, 0.29) is 11.0 Å². The lowest BCUT2D eigenvalue weighted by Gasteiger charge is -2.07. The van der Waals surface area contributed by atoms with E-state index >= 15 is 0 Å². The fourth-order valence-electron chi connectivity index (χ4n) is 1.64. The molecule has 0 unspecified atom stereocenters. The molecule has 0 radical (unpaired) electrons. The Bertz CT molecular complexity index is 679. The standard InChI is InChI=1S/C15H11BrClFO2S/c1-20-15(19)9-2-3-10(12(16)6-9)8-21-11-4-5-14(18)13(17)7-11/h2-7H,8H2,1H3. The number of hydrogen-bond acceptors (Lipinski definition) is 3. The summed E-state index contributed by atoms with van der Waals surface area (Å²) in [6, 6.07) is 9.92. The minimum absolute atomic E-state index is 0.111. The Kier molecular flexibility index (Phi) is 5.67. The summed E-state index contributed by atoms with van der Waals surface area (Å²) in [6.07, 6.45) is 0. The maximum atomic E-state index is 13.1. The Morgan fingerprint density at radius 1 is 1.33 bits per heavy atom. The highest BCUT2D eigenvalue weighted by Crippen LogP contribution is 2.30. The van der Waals surface area contributed by atoms with Gasteiger partial charge in [0.05, 0.1) is 17.7 Å². The van der Waals surface area contributed by atoms with Gasteiger partial charge in [0.2, 0.25) is 0 Å². The number of carbonyl (C=O) groups excluding carboxylic acids is 1. The van der Waals surface area contributed by atoms with Crippen LogP contribution >= 0.6 is 39.3 Å². The van der Waals surface area contributed by atoms with Gasteiger partial charge in [-0.05, 0) is 35.9 Å². The van der Waals surface area contributed by atoms with Gasteiger partial charge in [-0.25, -0.2) is 9.18 Å². The number of benzene rings is 2. The van der Waals surface area contributed by atoms with E-state index in [4.69, 9.17) is 11.6 Å². The molecule has 0 fully saturated rings. The second kappa shape index (κ2) is 7.29. The van der Waals surface area contributed by atoms with Gasteiger partial charge in [-0.3, -0.25) is 0 Å². The van der Waals surface area contributed by atoms with Crippen molar-refractivity contribution in [3.63, 3.8) is 0 Å². The van der Waals surface area contributed by atoms with Gasteiger partial charge >= 0.3 is 5.97 Å². The second-order valence-electron chi connectivity index (χ2n) is 4.16. The number of rotatable bonds is 4. The molecular weight excluding hydrogens is 379 g/mol. The summed E-state index contributed by atoms with van der Waals surface area (Å²) in [7, 11) is 1.35. The molecule has 110 valence electrons. The van der Waals surface area contributed by atoms with Crippen molar-refractivity contribution in [1.82, 2.24) is 0 Å². The molecular formula is C15H11BrClFO2S. The topological polar surface area (TPSA) is 26.3 Å². The molecule has 21 heavy (non-hydrogen) atoms. The van der Waals surface area contributed by atoms with E-state index in [1.54, 1.807) is 24.3 Å². The SMILES string of the molecule is COC(=O)c1ccc(CSc2ccc(F)c(Cl)c2)c(Br)c1. The Labute approximate surface area is 139 Å². The average molecular weight is 390 g/mol. The van der Waals surface area contributed by atoms with Gasteiger partial charge in [0.25, 0.3) is 0 Å². The molecule has 2 nitrogen and oxygen atoms in total. The Morgan fingerprint density at radius 2 is 2.10 bits per heavy atom. The fourth-order valence-corrected chi connectivity index (χ4v) is 3.53. The lowest BCUT2D eigenvalue weighted by Crippen LogP contribution is -2.01. The molecule has 0 saturated carbocycles. The van der Waals surface area contributed by atoms with Gasteiger partial charge in [-0.2, -0.15) is 0 Å². The van der Waals surface area contributed by atoms with Crippen LogP contribution in [-0.4, -0.2) is 13.1 Å². The summed E-state index contributed by atoms with van der Waals surface area (Å²) >= 11 is 10.7. The van der Waals surface area contributed by atoms with E-state index in [2.05, 4.69) is 20.7 Å². The molecule has 0 aromatic heterocycles. The number of thioether (sulfide) groups is 1. The van der Waals surface area contributed by atoms with Gasteiger partial charge in [-0.15, -0.1) is 11.8 Å². The zero-order valence-corrected chi connectivity index (χ0v) is 14.2. The molecule has 2 rings (SSSR count). The molecule has 0 N–H and O–H groups in total. The number of hydrogen-bond donors (Lipinski definition) is 0. The molecule has 0 aliphatic rings. The van der Waals surface area contributed by atoms with E-state index in [9.17, 15) is 9.18 Å². The highest BCUT2D eigenvalue weighted by atomic mass is 79.9. The molecule has 0 aliphatic heterocycles. The number of halogens is 3. The Hall–Kier alpha value is -1.04. The van der Waals surface area contributed by atoms with Crippen LogP contribution in [0.25, 0.3) is 0 Å². The third-order valence-electron chi connectivity index (χ3n) is 2.76. The highest BCUT2D eigenvalue weighted by Gasteiger charge is 2.09. The minimum Gasteiger partial charge on any atom is -0.465 e. The molecule has 6 heteroatoms. The van der Waals surface area contributed by atoms with Gasteiger partial charge in [0, 0.05) is 15.1 Å². The van der Waals surface area contributed by atoms with E-state index in [1.165, 1.54) is 24.9 Å². The van der Waals surface area contributed by atoms with Crippen molar-refractivity contribution in [3.8, 4) is 0 Å². The molecule has 0 atom stereocenters. The Balaban J connectivity index is 2.09. The van der Waals surface area contributed by atoms with Crippen molar-refractivity contribution in [2.75, 3.05) is 7.11 Å².